The van der Waals surface area contributed by atoms with Gasteiger partial charge in [0.1, 0.15) is 29.8 Å². The van der Waals surface area contributed by atoms with Gasteiger partial charge in [0.15, 0.2) is 0 Å². The minimum absolute atomic E-state index is 0.0394. The van der Waals surface area contributed by atoms with E-state index in [0.717, 1.165) is 5.56 Å². The van der Waals surface area contributed by atoms with Crippen molar-refractivity contribution in [2.24, 2.45) is 0 Å². The quantitative estimate of drug-likeness (QED) is 0.626. The Morgan fingerprint density at radius 1 is 1.43 bits per heavy atom. The fraction of sp³-hybridized carbons (Fsp3) is 0.222. The molecule has 0 radical (unpaired) electrons. The van der Waals surface area contributed by atoms with Gasteiger partial charge in [0.25, 0.3) is 11.8 Å². The molecule has 4 rings (SSSR count). The Hall–Kier alpha value is -3.69. The van der Waals surface area contributed by atoms with E-state index in [0.29, 0.717) is 23.7 Å². The normalized spacial score (nSPS) is 15.9. The lowest BCUT2D eigenvalue weighted by atomic mass is 10.1. The summed E-state index contributed by atoms with van der Waals surface area (Å²) in [6.07, 6.45) is 3.07. The number of carbonyl (C=O) groups is 2. The highest BCUT2D eigenvalue weighted by Gasteiger charge is 2.28. The number of carbonyl (C=O) groups excluding carboxylic acids is 2. The summed E-state index contributed by atoms with van der Waals surface area (Å²) >= 11 is 0. The zero-order valence-corrected chi connectivity index (χ0v) is 14.9. The third kappa shape index (κ3) is 3.56. The van der Waals surface area contributed by atoms with Crippen molar-refractivity contribution < 1.29 is 18.7 Å². The van der Waals surface area contributed by atoms with E-state index in [1.165, 1.54) is 12.3 Å². The van der Waals surface area contributed by atoms with E-state index in [1.807, 2.05) is 0 Å². The predicted octanol–water partition coefficient (Wildman–Crippen LogP) is 1.23. The molecule has 3 N–H and O–H groups in total. The number of aryl methyl sites for hydroxylation is 1. The zero-order chi connectivity index (χ0) is 19.7. The fourth-order valence-corrected chi connectivity index (χ4v) is 2.84. The number of fused-ring (bicyclic) bond motifs is 1. The summed E-state index contributed by atoms with van der Waals surface area (Å²) < 4.78 is 20.4. The second-order valence-corrected chi connectivity index (χ2v) is 6.42. The second kappa shape index (κ2) is 7.14. The summed E-state index contributed by atoms with van der Waals surface area (Å²) in [5.41, 5.74) is 1.99. The van der Waals surface area contributed by atoms with E-state index < -0.39 is 17.9 Å². The Morgan fingerprint density at radius 3 is 3.11 bits per heavy atom. The van der Waals surface area contributed by atoms with E-state index in [2.05, 4.69) is 25.9 Å². The first-order valence-corrected chi connectivity index (χ1v) is 8.56. The number of amides is 2. The SMILES string of the molecule is Cc1cc(Cn2ccc(C(=O)N[C@H]3COc4[nH]ncc4NC3=O)n2)ccc1F. The van der Waals surface area contributed by atoms with Crippen LogP contribution in [0.4, 0.5) is 10.1 Å². The van der Waals surface area contributed by atoms with Gasteiger partial charge in [0, 0.05) is 6.20 Å². The topological polar surface area (TPSA) is 114 Å². The number of ether oxygens (including phenoxy) is 1. The molecule has 0 spiro atoms. The van der Waals surface area contributed by atoms with Gasteiger partial charge in [-0.15, -0.1) is 0 Å². The first-order valence-electron chi connectivity index (χ1n) is 8.56. The van der Waals surface area contributed by atoms with Crippen LogP contribution in [-0.4, -0.2) is 44.4 Å². The van der Waals surface area contributed by atoms with Gasteiger partial charge in [-0.25, -0.2) is 9.49 Å². The highest BCUT2D eigenvalue weighted by molar-refractivity contribution is 6.01. The number of aromatic nitrogens is 4. The van der Waals surface area contributed by atoms with Crippen molar-refractivity contribution in [3.63, 3.8) is 0 Å². The van der Waals surface area contributed by atoms with Crippen LogP contribution in [0.15, 0.2) is 36.7 Å². The number of hydrogen-bond donors (Lipinski definition) is 3. The lowest BCUT2D eigenvalue weighted by Gasteiger charge is -2.13. The number of nitrogens with zero attached hydrogens (tertiary/aromatic N) is 3. The van der Waals surface area contributed by atoms with Crippen LogP contribution in [0.5, 0.6) is 5.88 Å². The van der Waals surface area contributed by atoms with Crippen molar-refractivity contribution in [2.45, 2.75) is 19.5 Å². The van der Waals surface area contributed by atoms with Crippen LogP contribution in [0.25, 0.3) is 0 Å². The van der Waals surface area contributed by atoms with Gasteiger partial charge in [-0.2, -0.15) is 10.2 Å². The first kappa shape index (κ1) is 17.7. The lowest BCUT2D eigenvalue weighted by Crippen LogP contribution is -2.46. The summed E-state index contributed by atoms with van der Waals surface area (Å²) in [4.78, 5) is 24.7. The fourth-order valence-electron chi connectivity index (χ4n) is 2.84. The summed E-state index contributed by atoms with van der Waals surface area (Å²) in [5, 5.41) is 15.9. The molecule has 2 amide bonds. The molecule has 1 aromatic carbocycles. The van der Waals surface area contributed by atoms with Crippen molar-refractivity contribution in [3.8, 4) is 5.88 Å². The zero-order valence-electron chi connectivity index (χ0n) is 14.9. The molecule has 1 atom stereocenters. The molecule has 3 aromatic rings. The average molecular weight is 384 g/mol. The molecule has 3 heterocycles. The Bertz CT molecular complexity index is 1040. The molecule has 0 unspecified atom stereocenters. The molecule has 9 nitrogen and oxygen atoms in total. The second-order valence-electron chi connectivity index (χ2n) is 6.42. The van der Waals surface area contributed by atoms with Gasteiger partial charge in [-0.3, -0.25) is 14.3 Å². The van der Waals surface area contributed by atoms with Crippen molar-refractivity contribution in [1.29, 1.82) is 0 Å². The number of nitrogens with one attached hydrogen (secondary N) is 3. The van der Waals surface area contributed by atoms with Gasteiger partial charge >= 0.3 is 0 Å². The molecule has 28 heavy (non-hydrogen) atoms. The maximum atomic E-state index is 13.4. The van der Waals surface area contributed by atoms with Gasteiger partial charge in [0.05, 0.1) is 12.7 Å². The lowest BCUT2D eigenvalue weighted by molar-refractivity contribution is -0.118. The Morgan fingerprint density at radius 2 is 2.29 bits per heavy atom. The molecule has 0 saturated heterocycles. The molecule has 1 aliphatic heterocycles. The Kier molecular flexibility index (Phi) is 4.52. The van der Waals surface area contributed by atoms with Crippen LogP contribution in [0.3, 0.4) is 0 Å². The van der Waals surface area contributed by atoms with Crippen LogP contribution >= 0.6 is 0 Å². The Balaban J connectivity index is 1.41. The molecular weight excluding hydrogens is 367 g/mol. The third-order valence-corrected chi connectivity index (χ3v) is 4.32. The van der Waals surface area contributed by atoms with Crippen LogP contribution in [0, 0.1) is 12.7 Å². The third-order valence-electron chi connectivity index (χ3n) is 4.32. The number of H-pyrrole nitrogens is 1. The molecular formula is C18H17FN6O3. The van der Waals surface area contributed by atoms with E-state index in [1.54, 1.807) is 36.0 Å². The van der Waals surface area contributed by atoms with E-state index in [9.17, 15) is 14.0 Å². The van der Waals surface area contributed by atoms with Gasteiger partial charge < -0.3 is 15.4 Å². The highest BCUT2D eigenvalue weighted by atomic mass is 19.1. The number of halogens is 1. The molecule has 10 heteroatoms. The molecule has 0 aliphatic carbocycles. The molecule has 0 fully saturated rings. The first-order chi connectivity index (χ1) is 13.5. The molecule has 0 bridgehead atoms. The monoisotopic (exact) mass is 384 g/mol. The van der Waals surface area contributed by atoms with Gasteiger partial charge in [-0.05, 0) is 30.2 Å². The molecule has 2 aromatic heterocycles. The number of benzene rings is 1. The number of anilines is 1. The maximum absolute atomic E-state index is 13.4. The summed E-state index contributed by atoms with van der Waals surface area (Å²) in [5.74, 6) is -0.838. The summed E-state index contributed by atoms with van der Waals surface area (Å²) in [6, 6.07) is 5.47. The standard InChI is InChI=1S/C18H17FN6O3/c1-10-6-11(2-3-12(10)19)8-25-5-4-13(24-25)16(26)22-15-9-28-18-14(7-20-23-18)21-17(15)27/h2-7,15H,8-9H2,1H3,(H,20,23)(H,21,27)(H,22,26)/t15-/m0/s1. The van der Waals surface area contributed by atoms with Crippen molar-refractivity contribution in [2.75, 3.05) is 11.9 Å². The number of rotatable bonds is 4. The summed E-state index contributed by atoms with van der Waals surface area (Å²) in [6.45, 7) is 2.04. The Labute approximate surface area is 158 Å². The van der Waals surface area contributed by atoms with Crippen LogP contribution in [0.2, 0.25) is 0 Å². The number of hydrogen-bond acceptors (Lipinski definition) is 5. The van der Waals surface area contributed by atoms with Crippen molar-refractivity contribution in [3.05, 3.63) is 59.3 Å². The van der Waals surface area contributed by atoms with E-state index in [4.69, 9.17) is 4.74 Å². The van der Waals surface area contributed by atoms with E-state index >= 15 is 0 Å². The maximum Gasteiger partial charge on any atom is 0.272 e. The van der Waals surface area contributed by atoms with Gasteiger partial charge in [0.2, 0.25) is 5.88 Å². The molecule has 144 valence electrons. The smallest absolute Gasteiger partial charge is 0.272 e. The van der Waals surface area contributed by atoms with Crippen LogP contribution < -0.4 is 15.4 Å². The predicted molar refractivity (Wildman–Crippen MR) is 96.4 cm³/mol. The average Bonchev–Trinajstić information content (AvgIpc) is 3.28. The van der Waals surface area contributed by atoms with Crippen molar-refractivity contribution >= 4 is 17.5 Å². The van der Waals surface area contributed by atoms with Crippen molar-refractivity contribution in [1.82, 2.24) is 25.3 Å². The number of aromatic amines is 1. The van der Waals surface area contributed by atoms with E-state index in [-0.39, 0.29) is 18.1 Å². The highest BCUT2D eigenvalue weighted by Crippen LogP contribution is 2.23. The van der Waals surface area contributed by atoms with Gasteiger partial charge in [-0.1, -0.05) is 12.1 Å². The van der Waals surface area contributed by atoms with Crippen LogP contribution in [-0.2, 0) is 11.3 Å². The minimum atomic E-state index is -0.877. The molecule has 0 saturated carbocycles. The largest absolute Gasteiger partial charge is 0.474 e. The molecule has 1 aliphatic rings. The minimum Gasteiger partial charge on any atom is -0.474 e. The summed E-state index contributed by atoms with van der Waals surface area (Å²) in [7, 11) is 0. The van der Waals surface area contributed by atoms with Crippen LogP contribution in [0.1, 0.15) is 21.6 Å².